The molecular weight excluding hydrogens is 657 g/mol. The van der Waals surface area contributed by atoms with Crippen molar-refractivity contribution in [1.29, 1.82) is 21.0 Å². The molecule has 0 aliphatic carbocycles. The molecule has 0 radical (unpaired) electrons. The summed E-state index contributed by atoms with van der Waals surface area (Å²) in [6.07, 6.45) is 0. The molecule has 0 N–H and O–H groups in total. The average molecular weight is 679 g/mol. The van der Waals surface area contributed by atoms with Gasteiger partial charge >= 0.3 is 0 Å². The standard InChI is InChI=1S/C50H22N4/c51-23-29-11-3-12-30(24-52)43(29)49-41-21-38-35-17-7-16-34-33-15-2-1-8-28(33)20-40(46(34)35)39(38)22-42(41)50(44-31(25-53)13-4-14-32(44)26-54)48-37-19-6-10-27-9-5-18-36(45(27)37)47(48)49/h1-22H. The van der Waals surface area contributed by atoms with Crippen molar-refractivity contribution in [2.24, 2.45) is 0 Å². The van der Waals surface area contributed by atoms with E-state index in [4.69, 9.17) is 0 Å². The minimum absolute atomic E-state index is 0.403. The Bertz CT molecular complexity index is 3590. The van der Waals surface area contributed by atoms with E-state index in [1.807, 2.05) is 12.1 Å². The van der Waals surface area contributed by atoms with E-state index >= 15 is 0 Å². The summed E-state index contributed by atoms with van der Waals surface area (Å²) in [6, 6.07) is 54.4. The summed E-state index contributed by atoms with van der Waals surface area (Å²) >= 11 is 0. The van der Waals surface area contributed by atoms with Gasteiger partial charge in [0.2, 0.25) is 0 Å². The number of hydrogen-bond donors (Lipinski definition) is 0. The molecule has 0 aromatic heterocycles. The topological polar surface area (TPSA) is 95.2 Å². The first-order valence-corrected chi connectivity index (χ1v) is 17.7. The predicted octanol–water partition coefficient (Wildman–Crippen LogP) is 12.6. The number of nitrogens with zero attached hydrogens (tertiary/aromatic N) is 4. The molecule has 4 heteroatoms. The number of benzene rings is 9. The molecule has 0 bridgehead atoms. The summed E-state index contributed by atoms with van der Waals surface area (Å²) in [7, 11) is 0. The summed E-state index contributed by atoms with van der Waals surface area (Å²) in [6.45, 7) is 0. The lowest BCUT2D eigenvalue weighted by Crippen LogP contribution is -1.97. The van der Waals surface area contributed by atoms with Crippen LogP contribution in [0.3, 0.4) is 0 Å². The van der Waals surface area contributed by atoms with Crippen LogP contribution in [0.2, 0.25) is 0 Å². The molecule has 11 aromatic rings. The van der Waals surface area contributed by atoms with Gasteiger partial charge in [-0.05, 0) is 129 Å². The largest absolute Gasteiger partial charge is 0.192 e. The lowest BCUT2D eigenvalue weighted by Gasteiger charge is -2.19. The fraction of sp³-hybridized carbons (Fsp3) is 0. The van der Waals surface area contributed by atoms with Crippen LogP contribution in [0.1, 0.15) is 22.3 Å². The smallest absolute Gasteiger partial charge is 0.0998 e. The van der Waals surface area contributed by atoms with Crippen molar-refractivity contribution in [2.45, 2.75) is 0 Å². The van der Waals surface area contributed by atoms with E-state index in [0.29, 0.717) is 33.4 Å². The first-order valence-electron chi connectivity index (χ1n) is 17.7. The van der Waals surface area contributed by atoms with Crippen LogP contribution in [0.4, 0.5) is 0 Å². The monoisotopic (exact) mass is 678 g/mol. The van der Waals surface area contributed by atoms with Crippen molar-refractivity contribution in [3.8, 4) is 46.5 Å². The van der Waals surface area contributed by atoms with Crippen molar-refractivity contribution in [3.63, 3.8) is 0 Å². The maximum Gasteiger partial charge on any atom is 0.0998 e. The molecule has 242 valence electrons. The summed E-state index contributed by atoms with van der Waals surface area (Å²) < 4.78 is 0. The van der Waals surface area contributed by atoms with Crippen LogP contribution < -0.4 is 0 Å². The fourth-order valence-electron chi connectivity index (χ4n) is 9.41. The molecule has 11 rings (SSSR count). The molecule has 0 spiro atoms. The van der Waals surface area contributed by atoms with Crippen LogP contribution in [0.15, 0.2) is 133 Å². The zero-order valence-electron chi connectivity index (χ0n) is 28.5. The highest BCUT2D eigenvalue weighted by molar-refractivity contribution is 6.43. The molecule has 0 aliphatic heterocycles. The Labute approximate surface area is 308 Å². The van der Waals surface area contributed by atoms with E-state index in [9.17, 15) is 21.0 Å². The highest BCUT2D eigenvalue weighted by Gasteiger charge is 2.29. The third-order valence-corrected chi connectivity index (χ3v) is 11.5. The molecule has 0 heterocycles. The molecule has 11 aromatic carbocycles. The molecule has 0 amide bonds. The third kappa shape index (κ3) is 3.66. The normalized spacial score (nSPS) is 11.6. The zero-order valence-corrected chi connectivity index (χ0v) is 28.5. The lowest BCUT2D eigenvalue weighted by molar-refractivity contribution is 1.45. The number of nitriles is 4. The predicted molar refractivity (Wildman–Crippen MR) is 219 cm³/mol. The maximum atomic E-state index is 10.7. The molecule has 0 saturated carbocycles. The summed E-state index contributed by atoms with van der Waals surface area (Å²) in [5.41, 5.74) is 4.36. The van der Waals surface area contributed by atoms with Crippen LogP contribution in [-0.2, 0) is 0 Å². The van der Waals surface area contributed by atoms with Gasteiger partial charge in [-0.2, -0.15) is 21.0 Å². The molecule has 0 saturated heterocycles. The Kier molecular flexibility index (Phi) is 5.91. The van der Waals surface area contributed by atoms with Gasteiger partial charge in [-0.25, -0.2) is 0 Å². The first-order chi connectivity index (χ1) is 26.6. The number of fused-ring (bicyclic) bond motifs is 9. The summed E-state index contributed by atoms with van der Waals surface area (Å²) in [5.74, 6) is 0. The second-order valence-electron chi connectivity index (χ2n) is 13.9. The summed E-state index contributed by atoms with van der Waals surface area (Å²) in [4.78, 5) is 0. The minimum Gasteiger partial charge on any atom is -0.192 e. The molecule has 0 unspecified atom stereocenters. The minimum atomic E-state index is 0.403. The quantitative estimate of drug-likeness (QED) is 0.170. The van der Waals surface area contributed by atoms with Gasteiger partial charge in [-0.1, -0.05) is 91.0 Å². The van der Waals surface area contributed by atoms with E-state index in [0.717, 1.165) is 81.1 Å². The van der Waals surface area contributed by atoms with Crippen LogP contribution in [0, 0.1) is 45.3 Å². The Morgan fingerprint density at radius 2 is 0.667 bits per heavy atom. The van der Waals surface area contributed by atoms with E-state index in [2.05, 4.69) is 109 Å². The Morgan fingerprint density at radius 3 is 1.20 bits per heavy atom. The Balaban J connectivity index is 1.52. The van der Waals surface area contributed by atoms with Gasteiger partial charge in [-0.15, -0.1) is 0 Å². The van der Waals surface area contributed by atoms with Crippen LogP contribution >= 0.6 is 0 Å². The van der Waals surface area contributed by atoms with Gasteiger partial charge in [-0.3, -0.25) is 0 Å². The van der Waals surface area contributed by atoms with Gasteiger partial charge in [0.25, 0.3) is 0 Å². The second kappa shape index (κ2) is 10.7. The van der Waals surface area contributed by atoms with Gasteiger partial charge in [0.1, 0.15) is 0 Å². The third-order valence-electron chi connectivity index (χ3n) is 11.5. The van der Waals surface area contributed by atoms with Crippen molar-refractivity contribution in [1.82, 2.24) is 0 Å². The van der Waals surface area contributed by atoms with Crippen molar-refractivity contribution in [3.05, 3.63) is 156 Å². The van der Waals surface area contributed by atoms with Crippen molar-refractivity contribution < 1.29 is 0 Å². The number of hydrogen-bond acceptors (Lipinski definition) is 4. The van der Waals surface area contributed by atoms with E-state index in [1.54, 1.807) is 36.4 Å². The molecule has 4 nitrogen and oxygen atoms in total. The summed E-state index contributed by atoms with van der Waals surface area (Å²) in [5, 5.41) is 59.2. The van der Waals surface area contributed by atoms with Gasteiger partial charge in [0.15, 0.2) is 0 Å². The maximum absolute atomic E-state index is 10.7. The average Bonchev–Trinajstić information content (AvgIpc) is 3.72. The molecule has 0 atom stereocenters. The van der Waals surface area contributed by atoms with Crippen LogP contribution in [-0.4, -0.2) is 0 Å². The van der Waals surface area contributed by atoms with E-state index in [-0.39, 0.29) is 0 Å². The van der Waals surface area contributed by atoms with Crippen LogP contribution in [0.25, 0.3) is 108 Å². The molecular formula is C50H22N4. The first kappa shape index (κ1) is 29.7. The van der Waals surface area contributed by atoms with Gasteiger partial charge in [0.05, 0.1) is 46.5 Å². The fourth-order valence-corrected chi connectivity index (χ4v) is 9.41. The highest BCUT2D eigenvalue weighted by atomic mass is 14.3. The van der Waals surface area contributed by atoms with Gasteiger partial charge < -0.3 is 0 Å². The molecule has 0 fully saturated rings. The van der Waals surface area contributed by atoms with E-state index < -0.39 is 0 Å². The Hall–Kier alpha value is -8.02. The van der Waals surface area contributed by atoms with Crippen LogP contribution in [0.5, 0.6) is 0 Å². The van der Waals surface area contributed by atoms with Gasteiger partial charge in [0, 0.05) is 22.3 Å². The zero-order chi connectivity index (χ0) is 36.2. The Morgan fingerprint density at radius 1 is 0.259 bits per heavy atom. The van der Waals surface area contributed by atoms with Crippen molar-refractivity contribution in [2.75, 3.05) is 0 Å². The van der Waals surface area contributed by atoms with E-state index in [1.165, 1.54) is 16.2 Å². The highest BCUT2D eigenvalue weighted by Crippen LogP contribution is 2.54. The molecule has 0 aliphatic rings. The SMILES string of the molecule is N#Cc1cccc(C#N)c1-c1c2cc3c(cc2c(-c2c(C#N)cccc2C#N)c2c4cccc5cccc(c12)c54)c1cc2ccccc2c2cccc3c21. The second-order valence-corrected chi connectivity index (χ2v) is 13.9. The van der Waals surface area contributed by atoms with Crippen molar-refractivity contribution >= 4 is 86.2 Å². The lowest BCUT2D eigenvalue weighted by atomic mass is 9.81. The number of rotatable bonds is 2. The molecule has 54 heavy (non-hydrogen) atoms.